The Bertz CT molecular complexity index is 868. The van der Waals surface area contributed by atoms with E-state index in [9.17, 15) is 4.79 Å². The minimum absolute atomic E-state index is 0.305. The largest absolute Gasteiger partial charge is 0.497 e. The Labute approximate surface area is 150 Å². The van der Waals surface area contributed by atoms with E-state index in [1.807, 2.05) is 55.6 Å². The van der Waals surface area contributed by atoms with Crippen LogP contribution in [0.15, 0.2) is 47.8 Å². The van der Waals surface area contributed by atoms with Crippen molar-refractivity contribution in [2.24, 2.45) is 0 Å². The van der Waals surface area contributed by atoms with Crippen molar-refractivity contribution in [1.82, 2.24) is 4.98 Å². The highest BCUT2D eigenvalue weighted by Crippen LogP contribution is 2.26. The fourth-order valence-corrected chi connectivity index (χ4v) is 3.25. The Morgan fingerprint density at radius 2 is 1.72 bits per heavy atom. The van der Waals surface area contributed by atoms with E-state index in [4.69, 9.17) is 4.74 Å². The average molecular weight is 353 g/mol. The molecule has 0 spiro atoms. The van der Waals surface area contributed by atoms with Crippen LogP contribution in [-0.4, -0.2) is 18.1 Å². The van der Waals surface area contributed by atoms with Gasteiger partial charge in [0.2, 0.25) is 0 Å². The van der Waals surface area contributed by atoms with Crippen LogP contribution in [-0.2, 0) is 0 Å². The Hall–Kier alpha value is -2.86. The monoisotopic (exact) mass is 353 g/mol. The summed E-state index contributed by atoms with van der Waals surface area (Å²) in [5, 5.41) is 8.07. The van der Waals surface area contributed by atoms with E-state index in [-0.39, 0.29) is 6.03 Å². The highest BCUT2D eigenvalue weighted by atomic mass is 32.1. The van der Waals surface area contributed by atoms with Crippen molar-refractivity contribution in [3.05, 3.63) is 59.0 Å². The van der Waals surface area contributed by atoms with Crippen molar-refractivity contribution in [1.29, 1.82) is 0 Å². The third kappa shape index (κ3) is 4.36. The molecule has 0 bridgehead atoms. The van der Waals surface area contributed by atoms with Crippen molar-refractivity contribution >= 4 is 28.2 Å². The maximum atomic E-state index is 12.2. The number of hydrogen-bond acceptors (Lipinski definition) is 4. The predicted molar refractivity (Wildman–Crippen MR) is 103 cm³/mol. The third-order valence-electron chi connectivity index (χ3n) is 3.59. The first kappa shape index (κ1) is 17.0. The summed E-state index contributed by atoms with van der Waals surface area (Å²) in [7, 11) is 1.63. The molecule has 25 heavy (non-hydrogen) atoms. The molecule has 2 amide bonds. The second kappa shape index (κ2) is 7.36. The third-order valence-corrected chi connectivity index (χ3v) is 4.35. The Morgan fingerprint density at radius 1 is 1.04 bits per heavy atom. The van der Waals surface area contributed by atoms with Crippen LogP contribution in [0.3, 0.4) is 0 Å². The zero-order chi connectivity index (χ0) is 17.8. The normalized spacial score (nSPS) is 10.4. The van der Waals surface area contributed by atoms with E-state index in [0.29, 0.717) is 5.13 Å². The molecule has 2 N–H and O–H groups in total. The van der Waals surface area contributed by atoms with E-state index >= 15 is 0 Å². The van der Waals surface area contributed by atoms with Gasteiger partial charge in [-0.05, 0) is 61.4 Å². The van der Waals surface area contributed by atoms with Crippen molar-refractivity contribution in [3.8, 4) is 17.0 Å². The quantitative estimate of drug-likeness (QED) is 0.687. The lowest BCUT2D eigenvalue weighted by Crippen LogP contribution is -2.19. The van der Waals surface area contributed by atoms with Crippen molar-refractivity contribution < 1.29 is 9.53 Å². The summed E-state index contributed by atoms with van der Waals surface area (Å²) in [4.78, 5) is 16.6. The van der Waals surface area contributed by atoms with Gasteiger partial charge in [0.15, 0.2) is 5.13 Å². The maximum Gasteiger partial charge on any atom is 0.325 e. The molecule has 2 aromatic carbocycles. The number of aromatic nitrogens is 1. The molecule has 3 aromatic rings. The second-order valence-electron chi connectivity index (χ2n) is 5.72. The van der Waals surface area contributed by atoms with Crippen LogP contribution in [0.5, 0.6) is 5.75 Å². The number of urea groups is 1. The van der Waals surface area contributed by atoms with Crippen LogP contribution in [0.25, 0.3) is 11.3 Å². The van der Waals surface area contributed by atoms with Crippen LogP contribution in [0.1, 0.15) is 11.1 Å². The summed E-state index contributed by atoms with van der Waals surface area (Å²) in [5.41, 5.74) is 4.76. The molecule has 0 unspecified atom stereocenters. The number of thiazole rings is 1. The number of hydrogen-bond donors (Lipinski definition) is 2. The van der Waals surface area contributed by atoms with Crippen LogP contribution in [0.2, 0.25) is 0 Å². The molecule has 0 radical (unpaired) electrons. The average Bonchev–Trinajstić information content (AvgIpc) is 3.02. The number of ether oxygens (including phenoxy) is 1. The molecule has 128 valence electrons. The lowest BCUT2D eigenvalue weighted by atomic mass is 10.1. The number of nitrogens with one attached hydrogen (secondary N) is 2. The highest BCUT2D eigenvalue weighted by molar-refractivity contribution is 7.14. The van der Waals surface area contributed by atoms with Crippen LogP contribution >= 0.6 is 11.3 Å². The van der Waals surface area contributed by atoms with Gasteiger partial charge in [-0.1, -0.05) is 6.07 Å². The molecule has 0 fully saturated rings. The van der Waals surface area contributed by atoms with Gasteiger partial charge in [-0.25, -0.2) is 9.78 Å². The van der Waals surface area contributed by atoms with Gasteiger partial charge < -0.3 is 10.1 Å². The summed E-state index contributed by atoms with van der Waals surface area (Å²) in [6.45, 7) is 4.00. The summed E-state index contributed by atoms with van der Waals surface area (Å²) in [5.74, 6) is 0.796. The van der Waals surface area contributed by atoms with Crippen molar-refractivity contribution in [2.75, 3.05) is 17.7 Å². The van der Waals surface area contributed by atoms with Gasteiger partial charge >= 0.3 is 6.03 Å². The number of nitrogens with zero attached hydrogens (tertiary/aromatic N) is 1. The van der Waals surface area contributed by atoms with Gasteiger partial charge in [0.05, 0.1) is 12.8 Å². The van der Waals surface area contributed by atoms with Crippen LogP contribution < -0.4 is 15.4 Å². The molecule has 0 saturated carbocycles. The summed E-state index contributed by atoms with van der Waals surface area (Å²) < 4.78 is 5.15. The van der Waals surface area contributed by atoms with Crippen LogP contribution in [0.4, 0.5) is 15.6 Å². The lowest BCUT2D eigenvalue weighted by molar-refractivity contribution is 0.262. The molecule has 0 aliphatic rings. The number of carbonyl (C=O) groups excluding carboxylic acids is 1. The number of amides is 2. The fraction of sp³-hybridized carbons (Fsp3) is 0.158. The van der Waals surface area contributed by atoms with E-state index < -0.39 is 0 Å². The molecule has 0 saturated heterocycles. The van der Waals surface area contributed by atoms with Gasteiger partial charge in [-0.2, -0.15) is 0 Å². The molecule has 5 nitrogen and oxygen atoms in total. The zero-order valence-corrected chi connectivity index (χ0v) is 15.1. The van der Waals surface area contributed by atoms with E-state index in [1.54, 1.807) is 7.11 Å². The van der Waals surface area contributed by atoms with E-state index in [1.165, 1.54) is 11.3 Å². The molecule has 3 rings (SSSR count). The summed E-state index contributed by atoms with van der Waals surface area (Å²) in [6, 6.07) is 13.3. The fourth-order valence-electron chi connectivity index (χ4n) is 2.53. The Balaban J connectivity index is 1.66. The van der Waals surface area contributed by atoms with E-state index in [2.05, 4.69) is 21.7 Å². The summed E-state index contributed by atoms with van der Waals surface area (Å²) in [6.07, 6.45) is 0. The first-order valence-electron chi connectivity index (χ1n) is 7.80. The minimum Gasteiger partial charge on any atom is -0.497 e. The zero-order valence-electron chi connectivity index (χ0n) is 14.3. The Kier molecular flexibility index (Phi) is 5.00. The molecular weight excluding hydrogens is 334 g/mol. The first-order valence-corrected chi connectivity index (χ1v) is 8.68. The van der Waals surface area contributed by atoms with Gasteiger partial charge in [0, 0.05) is 16.6 Å². The number of carbonyl (C=O) groups is 1. The smallest absolute Gasteiger partial charge is 0.325 e. The molecular formula is C19H19N3O2S. The molecule has 0 atom stereocenters. The number of rotatable bonds is 4. The number of benzene rings is 2. The number of aryl methyl sites for hydroxylation is 2. The van der Waals surface area contributed by atoms with E-state index in [0.717, 1.165) is 33.8 Å². The maximum absolute atomic E-state index is 12.2. The molecule has 1 aromatic heterocycles. The Morgan fingerprint density at radius 3 is 2.36 bits per heavy atom. The van der Waals surface area contributed by atoms with Crippen LogP contribution in [0, 0.1) is 13.8 Å². The second-order valence-corrected chi connectivity index (χ2v) is 6.58. The first-order chi connectivity index (χ1) is 12.0. The van der Waals surface area contributed by atoms with Gasteiger partial charge in [0.25, 0.3) is 0 Å². The lowest BCUT2D eigenvalue weighted by Gasteiger charge is -2.07. The highest BCUT2D eigenvalue weighted by Gasteiger charge is 2.09. The topological polar surface area (TPSA) is 63.2 Å². The van der Waals surface area contributed by atoms with Crippen molar-refractivity contribution in [3.63, 3.8) is 0 Å². The van der Waals surface area contributed by atoms with Crippen molar-refractivity contribution in [2.45, 2.75) is 13.8 Å². The SMILES string of the molecule is COc1ccc(-c2csc(NC(=O)Nc3cc(C)cc(C)c3)n2)cc1. The van der Waals surface area contributed by atoms with Gasteiger partial charge in [-0.15, -0.1) is 11.3 Å². The molecule has 0 aliphatic heterocycles. The van der Waals surface area contributed by atoms with Gasteiger partial charge in [0.1, 0.15) is 5.75 Å². The van der Waals surface area contributed by atoms with Gasteiger partial charge in [-0.3, -0.25) is 5.32 Å². The standard InChI is InChI=1S/C19H19N3O2S/c1-12-8-13(2)10-15(9-12)20-18(23)22-19-21-17(11-25-19)14-4-6-16(24-3)7-5-14/h4-11H,1-3H3,(H2,20,21,22,23). The minimum atomic E-state index is -0.305. The number of anilines is 2. The molecule has 0 aliphatic carbocycles. The summed E-state index contributed by atoms with van der Waals surface area (Å²) >= 11 is 1.39. The number of methoxy groups -OCH3 is 1. The molecule has 6 heteroatoms. The molecule has 1 heterocycles. The predicted octanol–water partition coefficient (Wildman–Crippen LogP) is 5.08.